The topological polar surface area (TPSA) is 113 Å². The molecule has 2 aliphatic heterocycles. The second kappa shape index (κ2) is 11.0. The number of aliphatic hydroxyl groups is 1. The number of esters is 1. The molecule has 7 heteroatoms. The summed E-state index contributed by atoms with van der Waals surface area (Å²) in [4.78, 5) is 40.7. The monoisotopic (exact) mass is 545 g/mol. The molecule has 2 aliphatic rings. The van der Waals surface area contributed by atoms with Gasteiger partial charge in [0.1, 0.15) is 23.4 Å². The van der Waals surface area contributed by atoms with E-state index in [0.717, 1.165) is 17.4 Å². The summed E-state index contributed by atoms with van der Waals surface area (Å²) in [6.07, 6.45) is 7.43. The summed E-state index contributed by atoms with van der Waals surface area (Å²) in [5.74, 6) is -1.32. The van der Waals surface area contributed by atoms with Crippen LogP contribution in [0.25, 0.3) is 10.8 Å². The van der Waals surface area contributed by atoms with Gasteiger partial charge in [0.25, 0.3) is 0 Å². The molecule has 0 radical (unpaired) electrons. The van der Waals surface area contributed by atoms with E-state index in [9.17, 15) is 24.6 Å². The van der Waals surface area contributed by atoms with Crippen LogP contribution in [0.15, 0.2) is 42.0 Å². The van der Waals surface area contributed by atoms with Gasteiger partial charge in [-0.3, -0.25) is 14.4 Å². The Labute approximate surface area is 235 Å². The number of cyclic esters (lactones) is 1. The lowest BCUT2D eigenvalue weighted by molar-refractivity contribution is -0.154. The highest BCUT2D eigenvalue weighted by molar-refractivity contribution is 6.16. The Balaban J connectivity index is 2.11. The number of benzene rings is 2. The van der Waals surface area contributed by atoms with Gasteiger partial charge in [-0.1, -0.05) is 30.7 Å². The first-order valence-electron chi connectivity index (χ1n) is 13.9. The third-order valence-electron chi connectivity index (χ3n) is 8.23. The molecule has 4 atom stereocenters. The predicted octanol–water partition coefficient (Wildman–Crippen LogP) is 6.03. The lowest BCUT2D eigenvalue weighted by Gasteiger charge is -2.32. The SMILES string of the molecule is CC[C@H]1/C=C/[C@H](O)[C@H](C=C(C)C)OC(=O)[C@@]2(C)C=CC(=O)Nc3c2c(C)c2c(c(O)c(C)cc2c3C)C(=O)CC1. The second-order valence-electron chi connectivity index (χ2n) is 11.5. The van der Waals surface area contributed by atoms with Gasteiger partial charge < -0.3 is 20.3 Å². The van der Waals surface area contributed by atoms with Crippen molar-refractivity contribution in [3.8, 4) is 5.75 Å². The number of amides is 1. The molecular formula is C33H39NO6. The fourth-order valence-electron chi connectivity index (χ4n) is 5.90. The summed E-state index contributed by atoms with van der Waals surface area (Å²) < 4.78 is 6.01. The Morgan fingerprint density at radius 2 is 1.85 bits per heavy atom. The third-order valence-corrected chi connectivity index (χ3v) is 8.23. The molecule has 0 aliphatic carbocycles. The average Bonchev–Trinajstić information content (AvgIpc) is 3.03. The van der Waals surface area contributed by atoms with E-state index in [1.807, 2.05) is 39.8 Å². The minimum absolute atomic E-state index is 0.00371. The van der Waals surface area contributed by atoms with Crippen molar-refractivity contribution < 1.29 is 29.3 Å². The highest BCUT2D eigenvalue weighted by Gasteiger charge is 2.43. The summed E-state index contributed by atoms with van der Waals surface area (Å²) in [5.41, 5.74) is 2.44. The average molecular weight is 546 g/mol. The molecule has 212 valence electrons. The number of hydrogen-bond donors (Lipinski definition) is 3. The molecule has 0 saturated heterocycles. The quantitative estimate of drug-likeness (QED) is 0.314. The number of ketones is 1. The van der Waals surface area contributed by atoms with E-state index in [1.54, 1.807) is 32.9 Å². The normalized spacial score (nSPS) is 26.0. The van der Waals surface area contributed by atoms with Gasteiger partial charge >= 0.3 is 5.97 Å². The number of allylic oxidation sites excluding steroid dienone is 2. The number of aromatic hydroxyl groups is 1. The molecular weight excluding hydrogens is 506 g/mol. The number of anilines is 1. The number of carbonyl (C=O) groups excluding carboxylic acids is 3. The van der Waals surface area contributed by atoms with Crippen LogP contribution in [0.1, 0.15) is 79.6 Å². The van der Waals surface area contributed by atoms with Crippen molar-refractivity contribution >= 4 is 34.1 Å². The van der Waals surface area contributed by atoms with E-state index in [-0.39, 0.29) is 29.4 Å². The highest BCUT2D eigenvalue weighted by Crippen LogP contribution is 2.46. The highest BCUT2D eigenvalue weighted by atomic mass is 16.6. The van der Waals surface area contributed by atoms with Crippen LogP contribution < -0.4 is 5.32 Å². The minimum Gasteiger partial charge on any atom is -0.507 e. The van der Waals surface area contributed by atoms with Crippen molar-refractivity contribution in [2.24, 2.45) is 5.92 Å². The van der Waals surface area contributed by atoms with Gasteiger partial charge in [0.2, 0.25) is 5.91 Å². The fourth-order valence-corrected chi connectivity index (χ4v) is 5.90. The first kappa shape index (κ1) is 29.3. The fraction of sp³-hybridized carbons (Fsp3) is 0.424. The van der Waals surface area contributed by atoms with Crippen LogP contribution in [0.5, 0.6) is 5.75 Å². The number of ether oxygens (including phenoxy) is 1. The van der Waals surface area contributed by atoms with E-state index in [2.05, 4.69) is 5.32 Å². The molecule has 2 aromatic rings. The number of hydrogen-bond acceptors (Lipinski definition) is 6. The summed E-state index contributed by atoms with van der Waals surface area (Å²) in [6, 6.07) is 1.82. The number of phenols is 1. The summed E-state index contributed by atoms with van der Waals surface area (Å²) in [6.45, 7) is 12.8. The van der Waals surface area contributed by atoms with E-state index in [1.165, 1.54) is 12.2 Å². The van der Waals surface area contributed by atoms with E-state index >= 15 is 0 Å². The first-order chi connectivity index (χ1) is 18.8. The van der Waals surface area contributed by atoms with Gasteiger partial charge in [0.15, 0.2) is 5.78 Å². The number of rotatable bonds is 2. The lowest BCUT2D eigenvalue weighted by atomic mass is 9.75. The number of Topliss-reactive ketones (excluding diaryl/α,β-unsaturated/α-hetero) is 1. The van der Waals surface area contributed by atoms with E-state index in [0.29, 0.717) is 39.7 Å². The van der Waals surface area contributed by atoms with E-state index in [4.69, 9.17) is 4.74 Å². The molecule has 3 N–H and O–H groups in total. The molecule has 1 amide bonds. The first-order valence-corrected chi connectivity index (χ1v) is 13.9. The second-order valence-corrected chi connectivity index (χ2v) is 11.5. The molecule has 0 unspecified atom stereocenters. The van der Waals surface area contributed by atoms with Crippen LogP contribution in [0.4, 0.5) is 5.69 Å². The van der Waals surface area contributed by atoms with E-state index < -0.39 is 29.5 Å². The number of aryl methyl sites for hydroxylation is 3. The Hall–Kier alpha value is -3.71. The molecule has 2 heterocycles. The zero-order valence-corrected chi connectivity index (χ0v) is 24.3. The summed E-state index contributed by atoms with van der Waals surface area (Å²) >= 11 is 0. The van der Waals surface area contributed by atoms with Gasteiger partial charge in [-0.05, 0) is 99.9 Å². The van der Waals surface area contributed by atoms with Gasteiger partial charge in [-0.25, -0.2) is 0 Å². The zero-order chi connectivity index (χ0) is 29.5. The molecule has 40 heavy (non-hydrogen) atoms. The molecule has 2 aromatic carbocycles. The molecule has 0 spiro atoms. The Morgan fingerprint density at radius 1 is 1.15 bits per heavy atom. The van der Waals surface area contributed by atoms with Crippen molar-refractivity contribution in [1.82, 2.24) is 0 Å². The molecule has 0 aromatic heterocycles. The Bertz CT molecular complexity index is 1490. The number of carbonyl (C=O) groups is 3. The van der Waals surface area contributed by atoms with Gasteiger partial charge in [-0.2, -0.15) is 0 Å². The molecule has 7 nitrogen and oxygen atoms in total. The van der Waals surface area contributed by atoms with Gasteiger partial charge in [0, 0.05) is 23.7 Å². The van der Waals surface area contributed by atoms with Crippen molar-refractivity contribution in [3.05, 3.63) is 69.8 Å². The number of phenolic OH excluding ortho intramolecular Hbond substituents is 1. The minimum atomic E-state index is -1.44. The molecule has 4 rings (SSSR count). The largest absolute Gasteiger partial charge is 0.507 e. The lowest BCUT2D eigenvalue weighted by Crippen LogP contribution is -2.39. The van der Waals surface area contributed by atoms with Crippen molar-refractivity contribution in [3.63, 3.8) is 0 Å². The third kappa shape index (κ3) is 5.10. The van der Waals surface area contributed by atoms with Crippen LogP contribution in [-0.2, 0) is 19.7 Å². The maximum absolute atomic E-state index is 14.1. The van der Waals surface area contributed by atoms with Crippen LogP contribution >= 0.6 is 0 Å². The van der Waals surface area contributed by atoms with Gasteiger partial charge in [0.05, 0.1) is 5.56 Å². The zero-order valence-electron chi connectivity index (χ0n) is 24.3. The van der Waals surface area contributed by atoms with Crippen molar-refractivity contribution in [1.29, 1.82) is 0 Å². The van der Waals surface area contributed by atoms with Crippen molar-refractivity contribution in [2.75, 3.05) is 5.32 Å². The molecule has 2 bridgehead atoms. The summed E-state index contributed by atoms with van der Waals surface area (Å²) in [5, 5.41) is 26.5. The molecule has 0 fully saturated rings. The maximum Gasteiger partial charge on any atom is 0.320 e. The van der Waals surface area contributed by atoms with Crippen molar-refractivity contribution in [2.45, 2.75) is 85.4 Å². The van der Waals surface area contributed by atoms with Crippen LogP contribution in [-0.4, -0.2) is 40.1 Å². The number of aliphatic hydroxyl groups excluding tert-OH is 1. The Kier molecular flexibility index (Phi) is 8.08. The number of nitrogens with one attached hydrogen (secondary N) is 1. The van der Waals surface area contributed by atoms with Crippen LogP contribution in [0.2, 0.25) is 0 Å². The summed E-state index contributed by atoms with van der Waals surface area (Å²) in [7, 11) is 0. The van der Waals surface area contributed by atoms with Crippen LogP contribution in [0.3, 0.4) is 0 Å². The van der Waals surface area contributed by atoms with Crippen LogP contribution in [0, 0.1) is 26.7 Å². The Morgan fingerprint density at radius 3 is 2.50 bits per heavy atom. The smallest absolute Gasteiger partial charge is 0.320 e. The van der Waals surface area contributed by atoms with Gasteiger partial charge in [-0.15, -0.1) is 0 Å². The standard InChI is InChI=1S/C33H39NO6/c1-8-21-9-11-23(35)25(15-17(2)3)40-32(39)33(7)14-13-26(37)34-30-19(5)22-16-18(4)31(38)28(24(36)12-10-21)27(22)20(6)29(30)33/h9,11,13-16,21,23,25,35,38H,8,10,12H2,1-7H3,(H,34,37)/b11-9+/t21-,23-,25-,33-/m0/s1. The molecule has 0 saturated carbocycles. The maximum atomic E-state index is 14.1. The predicted molar refractivity (Wildman–Crippen MR) is 157 cm³/mol.